The Morgan fingerprint density at radius 2 is 2.07 bits per heavy atom. The maximum atomic E-state index is 13.3. The van der Waals surface area contributed by atoms with E-state index in [-0.39, 0.29) is 5.56 Å². The highest BCUT2D eigenvalue weighted by molar-refractivity contribution is 7.18. The van der Waals surface area contributed by atoms with Gasteiger partial charge in [-0.2, -0.15) is 5.10 Å². The van der Waals surface area contributed by atoms with Crippen molar-refractivity contribution >= 4 is 21.6 Å². The van der Waals surface area contributed by atoms with Crippen molar-refractivity contribution in [2.45, 2.75) is 77.4 Å². The van der Waals surface area contributed by atoms with Crippen molar-refractivity contribution in [1.82, 2.24) is 24.6 Å². The predicted octanol–water partition coefficient (Wildman–Crippen LogP) is 3.73. The molecule has 5 rings (SSSR count). The number of nitrogens with zero attached hydrogens (tertiary/aromatic N) is 4. The van der Waals surface area contributed by atoms with Gasteiger partial charge >= 0.3 is 0 Å². The van der Waals surface area contributed by atoms with Crippen molar-refractivity contribution in [3.05, 3.63) is 44.6 Å². The van der Waals surface area contributed by atoms with E-state index in [1.165, 1.54) is 53.8 Å². The number of aromatic nitrogens is 4. The summed E-state index contributed by atoms with van der Waals surface area (Å²) in [6, 6.07) is 0.439. The molecule has 30 heavy (non-hydrogen) atoms. The van der Waals surface area contributed by atoms with E-state index >= 15 is 0 Å². The maximum Gasteiger partial charge on any atom is 0.262 e. The van der Waals surface area contributed by atoms with E-state index < -0.39 is 0 Å². The van der Waals surface area contributed by atoms with Crippen LogP contribution >= 0.6 is 11.3 Å². The lowest BCUT2D eigenvalue weighted by atomic mass is 9.89. The minimum absolute atomic E-state index is 0.181. The van der Waals surface area contributed by atoms with Crippen molar-refractivity contribution in [2.75, 3.05) is 0 Å². The van der Waals surface area contributed by atoms with Crippen LogP contribution in [0.1, 0.15) is 60.2 Å². The molecule has 2 aliphatic rings. The lowest BCUT2D eigenvalue weighted by Crippen LogP contribution is -2.34. The Labute approximate surface area is 181 Å². The van der Waals surface area contributed by atoms with Crippen molar-refractivity contribution in [3.63, 3.8) is 0 Å². The Morgan fingerprint density at radius 1 is 1.23 bits per heavy atom. The third kappa shape index (κ3) is 3.73. The highest BCUT2D eigenvalue weighted by Crippen LogP contribution is 2.34. The molecule has 3 aromatic rings. The normalized spacial score (nSPS) is 20.0. The van der Waals surface area contributed by atoms with Crippen LogP contribution in [0.2, 0.25) is 0 Å². The van der Waals surface area contributed by atoms with Gasteiger partial charge in [-0.3, -0.25) is 14.0 Å². The number of nitrogens with one attached hydrogen (secondary N) is 1. The first-order valence-electron chi connectivity index (χ1n) is 11.3. The monoisotopic (exact) mass is 425 g/mol. The van der Waals surface area contributed by atoms with E-state index in [0.29, 0.717) is 12.0 Å². The van der Waals surface area contributed by atoms with Gasteiger partial charge in [0.2, 0.25) is 0 Å². The number of thiophene rings is 1. The molecule has 0 unspecified atom stereocenters. The summed E-state index contributed by atoms with van der Waals surface area (Å²) in [6.45, 7) is 3.79. The summed E-state index contributed by atoms with van der Waals surface area (Å²) < 4.78 is 3.81. The maximum absolute atomic E-state index is 13.3. The van der Waals surface area contributed by atoms with Gasteiger partial charge in [-0.05, 0) is 50.5 Å². The minimum Gasteiger partial charge on any atom is -0.309 e. The molecule has 3 heterocycles. The average Bonchev–Trinajstić information content (AvgIpc) is 3.29. The van der Waals surface area contributed by atoms with Crippen LogP contribution in [-0.4, -0.2) is 25.4 Å². The molecular formula is C23H31N5OS. The molecule has 1 fully saturated rings. The van der Waals surface area contributed by atoms with Gasteiger partial charge in [-0.1, -0.05) is 19.3 Å². The molecule has 0 radical (unpaired) electrons. The molecule has 0 aromatic carbocycles. The quantitative estimate of drug-likeness (QED) is 0.677. The van der Waals surface area contributed by atoms with Gasteiger partial charge in [0.1, 0.15) is 4.83 Å². The zero-order valence-electron chi connectivity index (χ0n) is 18.0. The lowest BCUT2D eigenvalue weighted by Gasteiger charge is -2.23. The van der Waals surface area contributed by atoms with Gasteiger partial charge in [0.25, 0.3) is 5.56 Å². The molecule has 160 valence electrons. The second kappa shape index (κ2) is 8.27. The summed E-state index contributed by atoms with van der Waals surface area (Å²) in [6.07, 6.45) is 13.2. The molecule has 1 saturated carbocycles. The number of rotatable bonds is 5. The Morgan fingerprint density at radius 3 is 2.83 bits per heavy atom. The molecule has 3 aromatic heterocycles. The van der Waals surface area contributed by atoms with Gasteiger partial charge in [-0.15, -0.1) is 11.3 Å². The molecule has 0 bridgehead atoms. The SMILES string of the molecule is Cc1c(CN[C@H]2CCc3c(sc4ncn(CC5CCCCC5)c(=O)c34)C2)cnn1C. The van der Waals surface area contributed by atoms with Crippen LogP contribution in [0.25, 0.3) is 10.2 Å². The molecule has 0 spiro atoms. The Hall–Kier alpha value is -1.99. The van der Waals surface area contributed by atoms with E-state index in [1.807, 2.05) is 22.5 Å². The summed E-state index contributed by atoms with van der Waals surface area (Å²) in [5, 5.41) is 8.94. The minimum atomic E-state index is 0.181. The van der Waals surface area contributed by atoms with Crippen LogP contribution in [0.3, 0.4) is 0 Å². The second-order valence-electron chi connectivity index (χ2n) is 9.09. The van der Waals surface area contributed by atoms with Crippen molar-refractivity contribution < 1.29 is 0 Å². The van der Waals surface area contributed by atoms with Crippen LogP contribution in [0.15, 0.2) is 17.3 Å². The molecule has 7 heteroatoms. The fraction of sp³-hybridized carbons (Fsp3) is 0.609. The van der Waals surface area contributed by atoms with E-state index in [0.717, 1.165) is 42.6 Å². The standard InChI is InChI=1S/C23H31N5OS/c1-15-17(12-26-27(15)2)11-24-18-8-9-19-20(10-18)30-22-21(19)23(29)28(14-25-22)13-16-6-4-3-5-7-16/h12,14,16,18,24H,3-11,13H2,1-2H3/t18-/m0/s1. The van der Waals surface area contributed by atoms with Crippen molar-refractivity contribution in [1.29, 1.82) is 0 Å². The van der Waals surface area contributed by atoms with E-state index in [2.05, 4.69) is 17.3 Å². The summed E-state index contributed by atoms with van der Waals surface area (Å²) >= 11 is 1.72. The average molecular weight is 426 g/mol. The van der Waals surface area contributed by atoms with Crippen LogP contribution in [0, 0.1) is 12.8 Å². The smallest absolute Gasteiger partial charge is 0.262 e. The summed E-state index contributed by atoms with van der Waals surface area (Å²) in [5.41, 5.74) is 3.91. The number of hydrogen-bond acceptors (Lipinski definition) is 5. The number of hydrogen-bond donors (Lipinski definition) is 1. The first kappa shape index (κ1) is 19.9. The lowest BCUT2D eigenvalue weighted by molar-refractivity contribution is 0.315. The third-order valence-electron chi connectivity index (χ3n) is 7.13. The summed E-state index contributed by atoms with van der Waals surface area (Å²) in [7, 11) is 1.98. The Balaban J connectivity index is 1.33. The third-order valence-corrected chi connectivity index (χ3v) is 8.30. The molecule has 0 aliphatic heterocycles. The summed E-state index contributed by atoms with van der Waals surface area (Å²) in [5.74, 6) is 0.634. The molecule has 2 aliphatic carbocycles. The van der Waals surface area contributed by atoms with Crippen LogP contribution in [-0.2, 0) is 33.0 Å². The first-order valence-corrected chi connectivity index (χ1v) is 12.1. The molecule has 6 nitrogen and oxygen atoms in total. The highest BCUT2D eigenvalue weighted by Gasteiger charge is 2.26. The fourth-order valence-electron chi connectivity index (χ4n) is 5.13. The topological polar surface area (TPSA) is 64.7 Å². The predicted molar refractivity (Wildman–Crippen MR) is 121 cm³/mol. The van der Waals surface area contributed by atoms with Gasteiger partial charge in [0, 0.05) is 42.3 Å². The number of aryl methyl sites for hydroxylation is 2. The zero-order chi connectivity index (χ0) is 20.7. The summed E-state index contributed by atoms with van der Waals surface area (Å²) in [4.78, 5) is 20.2. The van der Waals surface area contributed by atoms with Crippen LogP contribution < -0.4 is 10.9 Å². The van der Waals surface area contributed by atoms with Gasteiger partial charge in [-0.25, -0.2) is 4.98 Å². The van der Waals surface area contributed by atoms with E-state index in [1.54, 1.807) is 17.7 Å². The molecule has 0 saturated heterocycles. The molecule has 0 amide bonds. The highest BCUT2D eigenvalue weighted by atomic mass is 32.1. The zero-order valence-corrected chi connectivity index (χ0v) is 18.8. The number of fused-ring (bicyclic) bond motifs is 3. The van der Waals surface area contributed by atoms with E-state index in [9.17, 15) is 4.79 Å². The Bertz CT molecular complexity index is 1100. The molecular weight excluding hydrogens is 394 g/mol. The van der Waals surface area contributed by atoms with Crippen LogP contribution in [0.4, 0.5) is 0 Å². The fourth-order valence-corrected chi connectivity index (χ4v) is 6.38. The van der Waals surface area contributed by atoms with Crippen molar-refractivity contribution in [2.24, 2.45) is 13.0 Å². The Kier molecular flexibility index (Phi) is 5.50. The van der Waals surface area contributed by atoms with E-state index in [4.69, 9.17) is 4.98 Å². The van der Waals surface area contributed by atoms with Gasteiger partial charge in [0.05, 0.1) is 17.9 Å². The largest absolute Gasteiger partial charge is 0.309 e. The van der Waals surface area contributed by atoms with Gasteiger partial charge < -0.3 is 5.32 Å². The second-order valence-corrected chi connectivity index (χ2v) is 10.2. The molecule has 1 atom stereocenters. The van der Waals surface area contributed by atoms with Crippen molar-refractivity contribution in [3.8, 4) is 0 Å². The van der Waals surface area contributed by atoms with Crippen LogP contribution in [0.5, 0.6) is 0 Å². The first-order chi connectivity index (χ1) is 14.6. The van der Waals surface area contributed by atoms with Gasteiger partial charge in [0.15, 0.2) is 0 Å². The molecule has 1 N–H and O–H groups in total.